The van der Waals surface area contributed by atoms with Gasteiger partial charge in [-0.15, -0.1) is 0 Å². The number of hydrogen-bond acceptors (Lipinski definition) is 4. The molecule has 1 aromatic carbocycles. The van der Waals surface area contributed by atoms with Gasteiger partial charge in [-0.05, 0) is 30.0 Å². The van der Waals surface area contributed by atoms with Crippen molar-refractivity contribution >= 4 is 11.7 Å². The minimum atomic E-state index is -0.254. The quantitative estimate of drug-likeness (QED) is 0.886. The normalized spacial score (nSPS) is 18.4. The lowest BCUT2D eigenvalue weighted by Gasteiger charge is -2.23. The Bertz CT molecular complexity index is 640. The van der Waals surface area contributed by atoms with E-state index in [1.807, 2.05) is 12.1 Å². The maximum absolute atomic E-state index is 9.89. The number of aromatic nitrogens is 1. The van der Waals surface area contributed by atoms with E-state index in [0.717, 1.165) is 24.3 Å². The van der Waals surface area contributed by atoms with Crippen molar-refractivity contribution in [2.75, 3.05) is 5.32 Å². The molecule has 0 saturated heterocycles. The van der Waals surface area contributed by atoms with Gasteiger partial charge in [-0.1, -0.05) is 32.9 Å². The molecule has 1 unspecified atom stereocenters. The van der Waals surface area contributed by atoms with E-state index in [0.29, 0.717) is 12.4 Å². The first-order valence-electron chi connectivity index (χ1n) is 7.45. The average Bonchev–Trinajstić information content (AvgIpc) is 2.88. The summed E-state index contributed by atoms with van der Waals surface area (Å²) in [5, 5.41) is 13.1. The zero-order chi connectivity index (χ0) is 15.0. The molecule has 112 valence electrons. The zero-order valence-electron chi connectivity index (χ0n) is 12.8. The zero-order valence-corrected chi connectivity index (χ0v) is 12.8. The summed E-state index contributed by atoms with van der Waals surface area (Å²) in [4.78, 5) is 4.31. The minimum absolute atomic E-state index is 0.0563. The molecule has 0 aliphatic heterocycles. The van der Waals surface area contributed by atoms with Crippen LogP contribution < -0.4 is 5.32 Å². The number of anilines is 2. The number of nitrogens with one attached hydrogen (secondary N) is 1. The van der Waals surface area contributed by atoms with Gasteiger partial charge in [0.25, 0.3) is 6.01 Å². The highest BCUT2D eigenvalue weighted by Gasteiger charge is 2.22. The van der Waals surface area contributed by atoms with Gasteiger partial charge in [0.2, 0.25) is 0 Å². The Labute approximate surface area is 125 Å². The number of aliphatic hydroxyl groups is 1. The van der Waals surface area contributed by atoms with Crippen LogP contribution in [0.5, 0.6) is 0 Å². The van der Waals surface area contributed by atoms with E-state index in [4.69, 9.17) is 4.42 Å². The Hall–Kier alpha value is -1.81. The van der Waals surface area contributed by atoms with Crippen molar-refractivity contribution in [1.82, 2.24) is 4.98 Å². The number of rotatable bonds is 2. The molecule has 0 saturated carbocycles. The summed E-state index contributed by atoms with van der Waals surface area (Å²) in [6.07, 6.45) is 3.96. The maximum Gasteiger partial charge on any atom is 0.299 e. The molecule has 1 aliphatic rings. The first-order valence-corrected chi connectivity index (χ1v) is 7.45. The van der Waals surface area contributed by atoms with E-state index in [9.17, 15) is 5.11 Å². The van der Waals surface area contributed by atoms with Crippen LogP contribution in [0.15, 0.2) is 28.8 Å². The van der Waals surface area contributed by atoms with Gasteiger partial charge in [-0.3, -0.25) is 0 Å². The fraction of sp³-hybridized carbons (Fsp3) is 0.471. The summed E-state index contributed by atoms with van der Waals surface area (Å²) in [5.74, 6) is 0.856. The predicted molar refractivity (Wildman–Crippen MR) is 83.0 cm³/mol. The van der Waals surface area contributed by atoms with Gasteiger partial charge in [0.05, 0.1) is 12.3 Å². The molecule has 2 aromatic rings. The van der Waals surface area contributed by atoms with Crippen LogP contribution in [0.1, 0.15) is 44.1 Å². The van der Waals surface area contributed by atoms with Crippen molar-refractivity contribution in [2.24, 2.45) is 0 Å². The van der Waals surface area contributed by atoms with Gasteiger partial charge in [-0.25, -0.2) is 4.98 Å². The second-order valence-electron chi connectivity index (χ2n) is 6.74. The Morgan fingerprint density at radius 2 is 2.14 bits per heavy atom. The summed E-state index contributed by atoms with van der Waals surface area (Å²) in [6.45, 7) is 6.29. The molecule has 1 heterocycles. The third kappa shape index (κ3) is 2.95. The van der Waals surface area contributed by atoms with Crippen molar-refractivity contribution in [3.63, 3.8) is 0 Å². The molecular formula is C17H22N2O2. The Kier molecular flexibility index (Phi) is 3.49. The summed E-state index contributed by atoms with van der Waals surface area (Å²) in [7, 11) is 0. The number of oxazole rings is 1. The highest BCUT2D eigenvalue weighted by molar-refractivity contribution is 5.61. The molecule has 4 heteroatoms. The SMILES string of the molecule is CC(C)(C)c1cnc(Nc2cccc3c2CC(O)CC3)o1. The summed E-state index contributed by atoms with van der Waals surface area (Å²) >= 11 is 0. The summed E-state index contributed by atoms with van der Waals surface area (Å²) in [5.41, 5.74) is 3.40. The lowest BCUT2D eigenvalue weighted by atomic mass is 9.88. The molecule has 3 rings (SSSR count). The van der Waals surface area contributed by atoms with Crippen LogP contribution in [0.2, 0.25) is 0 Å². The Morgan fingerprint density at radius 3 is 2.86 bits per heavy atom. The topological polar surface area (TPSA) is 58.3 Å². The smallest absolute Gasteiger partial charge is 0.299 e. The lowest BCUT2D eigenvalue weighted by molar-refractivity contribution is 0.159. The minimum Gasteiger partial charge on any atom is -0.428 e. The molecule has 2 N–H and O–H groups in total. The molecule has 21 heavy (non-hydrogen) atoms. The van der Waals surface area contributed by atoms with Crippen LogP contribution in [0.3, 0.4) is 0 Å². The highest BCUT2D eigenvalue weighted by Crippen LogP contribution is 2.31. The van der Waals surface area contributed by atoms with Gasteiger partial charge >= 0.3 is 0 Å². The Balaban J connectivity index is 1.87. The van der Waals surface area contributed by atoms with Gasteiger partial charge in [0, 0.05) is 17.5 Å². The molecule has 0 fully saturated rings. The van der Waals surface area contributed by atoms with Gasteiger partial charge < -0.3 is 14.8 Å². The van der Waals surface area contributed by atoms with Crippen LogP contribution in [-0.2, 0) is 18.3 Å². The summed E-state index contributed by atoms with van der Waals surface area (Å²) in [6, 6.07) is 6.68. The number of hydrogen-bond donors (Lipinski definition) is 2. The first-order chi connectivity index (χ1) is 9.93. The fourth-order valence-corrected chi connectivity index (χ4v) is 2.68. The van der Waals surface area contributed by atoms with E-state index < -0.39 is 0 Å². The standard InChI is InChI=1S/C17H22N2O2/c1-17(2,3)15-10-18-16(21-15)19-14-6-4-5-11-7-8-12(20)9-13(11)14/h4-6,10,12,20H,7-9H2,1-3H3,(H,18,19). The number of aliphatic hydroxyl groups excluding tert-OH is 1. The fourth-order valence-electron chi connectivity index (χ4n) is 2.68. The van der Waals surface area contributed by atoms with Crippen LogP contribution in [-0.4, -0.2) is 16.2 Å². The third-order valence-corrected chi connectivity index (χ3v) is 3.95. The third-order valence-electron chi connectivity index (χ3n) is 3.95. The van der Waals surface area contributed by atoms with Crippen LogP contribution in [0, 0.1) is 0 Å². The highest BCUT2D eigenvalue weighted by atomic mass is 16.4. The maximum atomic E-state index is 9.89. The molecule has 0 spiro atoms. The second-order valence-corrected chi connectivity index (χ2v) is 6.74. The monoisotopic (exact) mass is 286 g/mol. The number of benzene rings is 1. The molecule has 1 atom stereocenters. The van der Waals surface area contributed by atoms with Gasteiger partial charge in [-0.2, -0.15) is 0 Å². The molecule has 1 aromatic heterocycles. The molecule has 0 bridgehead atoms. The van der Waals surface area contributed by atoms with Crippen molar-refractivity contribution in [3.8, 4) is 0 Å². The Morgan fingerprint density at radius 1 is 1.33 bits per heavy atom. The molecule has 0 radical (unpaired) electrons. The van der Waals surface area contributed by atoms with Crippen molar-refractivity contribution in [1.29, 1.82) is 0 Å². The van der Waals surface area contributed by atoms with Gasteiger partial charge in [0.1, 0.15) is 5.76 Å². The van der Waals surface area contributed by atoms with Gasteiger partial charge in [0.15, 0.2) is 0 Å². The van der Waals surface area contributed by atoms with Crippen molar-refractivity contribution < 1.29 is 9.52 Å². The molecule has 1 aliphatic carbocycles. The molecule has 0 amide bonds. The van der Waals surface area contributed by atoms with Crippen LogP contribution >= 0.6 is 0 Å². The molecule has 4 nitrogen and oxygen atoms in total. The largest absolute Gasteiger partial charge is 0.428 e. The number of fused-ring (bicyclic) bond motifs is 1. The molecular weight excluding hydrogens is 264 g/mol. The van der Waals surface area contributed by atoms with E-state index >= 15 is 0 Å². The predicted octanol–water partition coefficient (Wildman–Crippen LogP) is 3.57. The van der Waals surface area contributed by atoms with Crippen molar-refractivity contribution in [3.05, 3.63) is 41.3 Å². The van der Waals surface area contributed by atoms with E-state index in [2.05, 4.69) is 37.1 Å². The number of nitrogens with zero attached hydrogens (tertiary/aromatic N) is 1. The van der Waals surface area contributed by atoms with E-state index in [1.165, 1.54) is 11.1 Å². The van der Waals surface area contributed by atoms with E-state index in [-0.39, 0.29) is 11.5 Å². The van der Waals surface area contributed by atoms with E-state index in [1.54, 1.807) is 6.20 Å². The second kappa shape index (κ2) is 5.19. The van der Waals surface area contributed by atoms with Crippen molar-refractivity contribution in [2.45, 2.75) is 51.6 Å². The number of aryl methyl sites for hydroxylation is 1. The van der Waals surface area contributed by atoms with Crippen LogP contribution in [0.25, 0.3) is 0 Å². The average molecular weight is 286 g/mol. The summed E-state index contributed by atoms with van der Waals surface area (Å²) < 4.78 is 5.79. The van der Waals surface area contributed by atoms with Crippen LogP contribution in [0.4, 0.5) is 11.7 Å². The lowest BCUT2D eigenvalue weighted by Crippen LogP contribution is -2.19. The first kappa shape index (κ1) is 14.1.